The monoisotopic (exact) mass is 237 g/mol. The zero-order valence-corrected chi connectivity index (χ0v) is 11.0. The molecular formula is C17H19N. The van der Waals surface area contributed by atoms with Gasteiger partial charge >= 0.3 is 0 Å². The summed E-state index contributed by atoms with van der Waals surface area (Å²) in [7, 11) is 4.35. The van der Waals surface area contributed by atoms with Crippen LogP contribution in [0.5, 0.6) is 0 Å². The topological polar surface area (TPSA) is 3.24 Å². The standard InChI is InChI=1S/C17H19N/c1-18(2)17-12-16(13-8-4-3-5-9-13)14-10-6-7-11-15(14)17/h3-11,16-17H,12H2,1-2H3/t16-,17+/m0/s1. The van der Waals surface area contributed by atoms with E-state index in [1.54, 1.807) is 0 Å². The van der Waals surface area contributed by atoms with Crippen LogP contribution in [0.4, 0.5) is 0 Å². The molecule has 0 N–H and O–H groups in total. The molecule has 0 amide bonds. The van der Waals surface area contributed by atoms with Crippen LogP contribution in [0.3, 0.4) is 0 Å². The molecule has 0 unspecified atom stereocenters. The molecule has 18 heavy (non-hydrogen) atoms. The van der Waals surface area contributed by atoms with Crippen molar-refractivity contribution in [2.45, 2.75) is 18.4 Å². The molecule has 0 saturated carbocycles. The maximum absolute atomic E-state index is 2.34. The van der Waals surface area contributed by atoms with Gasteiger partial charge in [0.25, 0.3) is 0 Å². The van der Waals surface area contributed by atoms with Gasteiger partial charge in [-0.1, -0.05) is 54.6 Å². The second-order valence-electron chi connectivity index (χ2n) is 5.31. The van der Waals surface area contributed by atoms with Gasteiger partial charge in [-0.15, -0.1) is 0 Å². The molecule has 1 aliphatic rings. The van der Waals surface area contributed by atoms with Crippen LogP contribution in [0.2, 0.25) is 0 Å². The molecule has 2 aromatic rings. The van der Waals surface area contributed by atoms with Crippen LogP contribution in [0, 0.1) is 0 Å². The van der Waals surface area contributed by atoms with Gasteiger partial charge in [-0.05, 0) is 37.2 Å². The van der Waals surface area contributed by atoms with E-state index < -0.39 is 0 Å². The largest absolute Gasteiger partial charge is 0.302 e. The van der Waals surface area contributed by atoms with Crippen LogP contribution in [0.15, 0.2) is 54.6 Å². The van der Waals surface area contributed by atoms with Gasteiger partial charge in [-0.3, -0.25) is 0 Å². The van der Waals surface area contributed by atoms with E-state index in [1.165, 1.54) is 23.1 Å². The van der Waals surface area contributed by atoms with E-state index in [0.29, 0.717) is 12.0 Å². The van der Waals surface area contributed by atoms with E-state index in [4.69, 9.17) is 0 Å². The lowest BCUT2D eigenvalue weighted by atomic mass is 9.93. The first-order valence-electron chi connectivity index (χ1n) is 6.57. The highest BCUT2D eigenvalue weighted by atomic mass is 15.1. The minimum absolute atomic E-state index is 0.548. The summed E-state index contributed by atoms with van der Waals surface area (Å²) in [5.74, 6) is 0.551. The first-order chi connectivity index (χ1) is 8.77. The van der Waals surface area contributed by atoms with E-state index in [2.05, 4.69) is 73.6 Å². The Balaban J connectivity index is 2.05. The van der Waals surface area contributed by atoms with Crippen molar-refractivity contribution in [3.63, 3.8) is 0 Å². The zero-order chi connectivity index (χ0) is 12.5. The van der Waals surface area contributed by atoms with Gasteiger partial charge in [-0.2, -0.15) is 0 Å². The molecule has 0 bridgehead atoms. The van der Waals surface area contributed by atoms with Crippen molar-refractivity contribution < 1.29 is 0 Å². The molecule has 92 valence electrons. The number of hydrogen-bond acceptors (Lipinski definition) is 1. The van der Waals surface area contributed by atoms with Crippen LogP contribution in [0.25, 0.3) is 0 Å². The SMILES string of the molecule is CN(C)[C@@H]1C[C@@H](c2ccccc2)c2ccccc21. The van der Waals surface area contributed by atoms with E-state index in [1.807, 2.05) is 0 Å². The van der Waals surface area contributed by atoms with Crippen molar-refractivity contribution in [3.8, 4) is 0 Å². The number of rotatable bonds is 2. The Morgan fingerprint density at radius 3 is 2.11 bits per heavy atom. The van der Waals surface area contributed by atoms with Crippen molar-refractivity contribution in [2.75, 3.05) is 14.1 Å². The predicted molar refractivity (Wildman–Crippen MR) is 75.8 cm³/mol. The third kappa shape index (κ3) is 1.85. The highest BCUT2D eigenvalue weighted by molar-refractivity contribution is 5.44. The maximum atomic E-state index is 2.34. The van der Waals surface area contributed by atoms with E-state index in [9.17, 15) is 0 Å². The van der Waals surface area contributed by atoms with Gasteiger partial charge in [0.15, 0.2) is 0 Å². The first kappa shape index (κ1) is 11.5. The minimum atomic E-state index is 0.548. The number of fused-ring (bicyclic) bond motifs is 1. The molecule has 0 spiro atoms. The summed E-state index contributed by atoms with van der Waals surface area (Å²) in [6, 6.07) is 20.3. The third-order valence-electron chi connectivity index (χ3n) is 4.01. The number of nitrogens with zero attached hydrogens (tertiary/aromatic N) is 1. The number of hydrogen-bond donors (Lipinski definition) is 0. The molecule has 0 aromatic heterocycles. The molecule has 2 aromatic carbocycles. The molecule has 0 fully saturated rings. The molecule has 3 rings (SSSR count). The quantitative estimate of drug-likeness (QED) is 0.767. The fourth-order valence-electron chi connectivity index (χ4n) is 3.10. The molecule has 1 aliphatic carbocycles. The fourth-order valence-corrected chi connectivity index (χ4v) is 3.10. The van der Waals surface area contributed by atoms with E-state index in [-0.39, 0.29) is 0 Å². The molecule has 0 aliphatic heterocycles. The lowest BCUT2D eigenvalue weighted by Crippen LogP contribution is -2.17. The van der Waals surface area contributed by atoms with Crippen LogP contribution < -0.4 is 0 Å². The van der Waals surface area contributed by atoms with Crippen molar-refractivity contribution in [3.05, 3.63) is 71.3 Å². The van der Waals surface area contributed by atoms with Gasteiger partial charge in [0.2, 0.25) is 0 Å². The highest BCUT2D eigenvalue weighted by Gasteiger charge is 2.32. The smallest absolute Gasteiger partial charge is 0.0354 e. The second kappa shape index (κ2) is 4.58. The predicted octanol–water partition coefficient (Wildman–Crippen LogP) is 3.82. The lowest BCUT2D eigenvalue weighted by Gasteiger charge is -2.20. The summed E-state index contributed by atoms with van der Waals surface area (Å²) in [6.07, 6.45) is 1.19. The Morgan fingerprint density at radius 1 is 0.833 bits per heavy atom. The summed E-state index contributed by atoms with van der Waals surface area (Å²) in [6.45, 7) is 0. The molecule has 0 saturated heterocycles. The van der Waals surface area contributed by atoms with Crippen molar-refractivity contribution in [2.24, 2.45) is 0 Å². The second-order valence-corrected chi connectivity index (χ2v) is 5.31. The third-order valence-corrected chi connectivity index (χ3v) is 4.01. The molecular weight excluding hydrogens is 218 g/mol. The van der Waals surface area contributed by atoms with Crippen LogP contribution in [0.1, 0.15) is 35.1 Å². The summed E-state index contributed by atoms with van der Waals surface area (Å²) >= 11 is 0. The summed E-state index contributed by atoms with van der Waals surface area (Å²) in [5, 5.41) is 0. The Morgan fingerprint density at radius 2 is 1.44 bits per heavy atom. The molecule has 0 radical (unpaired) electrons. The maximum Gasteiger partial charge on any atom is 0.0354 e. The minimum Gasteiger partial charge on any atom is -0.302 e. The van der Waals surface area contributed by atoms with Crippen molar-refractivity contribution in [1.29, 1.82) is 0 Å². The Labute approximate surface area is 109 Å². The Hall–Kier alpha value is -1.60. The van der Waals surface area contributed by atoms with Gasteiger partial charge in [0, 0.05) is 12.0 Å². The summed E-state index contributed by atoms with van der Waals surface area (Å²) in [4.78, 5) is 2.34. The van der Waals surface area contributed by atoms with Crippen molar-refractivity contribution in [1.82, 2.24) is 4.90 Å². The van der Waals surface area contributed by atoms with E-state index in [0.717, 1.165) is 0 Å². The fraction of sp³-hybridized carbons (Fsp3) is 0.294. The zero-order valence-electron chi connectivity index (χ0n) is 11.0. The van der Waals surface area contributed by atoms with Gasteiger partial charge in [-0.25, -0.2) is 0 Å². The molecule has 1 heteroatoms. The molecule has 1 nitrogen and oxygen atoms in total. The van der Waals surface area contributed by atoms with E-state index >= 15 is 0 Å². The highest BCUT2D eigenvalue weighted by Crippen LogP contribution is 2.45. The van der Waals surface area contributed by atoms with Crippen LogP contribution >= 0.6 is 0 Å². The lowest BCUT2D eigenvalue weighted by molar-refractivity contribution is 0.293. The van der Waals surface area contributed by atoms with Gasteiger partial charge < -0.3 is 4.90 Å². The normalized spacial score (nSPS) is 22.2. The Kier molecular flexibility index (Phi) is 2.92. The van der Waals surface area contributed by atoms with Gasteiger partial charge in [0.1, 0.15) is 0 Å². The average molecular weight is 237 g/mol. The van der Waals surface area contributed by atoms with Crippen molar-refractivity contribution >= 4 is 0 Å². The van der Waals surface area contributed by atoms with Crippen LogP contribution in [-0.2, 0) is 0 Å². The average Bonchev–Trinajstić information content (AvgIpc) is 2.79. The first-order valence-corrected chi connectivity index (χ1v) is 6.57. The van der Waals surface area contributed by atoms with Crippen LogP contribution in [-0.4, -0.2) is 19.0 Å². The summed E-state index contributed by atoms with van der Waals surface area (Å²) in [5.41, 5.74) is 4.44. The molecule has 2 atom stereocenters. The summed E-state index contributed by atoms with van der Waals surface area (Å²) < 4.78 is 0. The Bertz CT molecular complexity index is 530. The molecule has 0 heterocycles. The van der Waals surface area contributed by atoms with Gasteiger partial charge in [0.05, 0.1) is 0 Å². The number of benzene rings is 2.